The second-order valence-corrected chi connectivity index (χ2v) is 6.95. The summed E-state index contributed by atoms with van der Waals surface area (Å²) in [5.41, 5.74) is 2.95. The summed E-state index contributed by atoms with van der Waals surface area (Å²) in [6.07, 6.45) is 10.1. The maximum atomic E-state index is 4.78. The summed E-state index contributed by atoms with van der Waals surface area (Å²) >= 11 is 0. The molecule has 0 aromatic carbocycles. The molecule has 2 aliphatic rings. The highest BCUT2D eigenvalue weighted by atomic mass is 14.8. The van der Waals surface area contributed by atoms with Gasteiger partial charge in [0.25, 0.3) is 0 Å². The van der Waals surface area contributed by atoms with E-state index >= 15 is 0 Å². The monoisotopic (exact) mass is 272 g/mol. The van der Waals surface area contributed by atoms with Crippen LogP contribution in [0.2, 0.25) is 0 Å². The van der Waals surface area contributed by atoms with Crippen molar-refractivity contribution in [1.82, 2.24) is 10.3 Å². The fourth-order valence-electron chi connectivity index (χ4n) is 4.56. The minimum absolute atomic E-state index is 0.709. The molecule has 1 saturated carbocycles. The fraction of sp³-hybridized carbons (Fsp3) is 0.722. The van der Waals surface area contributed by atoms with Crippen LogP contribution in [0.5, 0.6) is 0 Å². The standard InChI is InChI=1S/C18H28N2/c1-13-8-9-15(12-19-2)17(11-13)16-7-3-5-14-6-4-10-20-18(14)16/h4,6,10,13,15-17,19H,3,5,7-9,11-12H2,1-2H3. The van der Waals surface area contributed by atoms with Crippen LogP contribution in [0.1, 0.15) is 56.2 Å². The summed E-state index contributed by atoms with van der Waals surface area (Å²) in [5, 5.41) is 3.42. The Kier molecular flexibility index (Phi) is 4.40. The van der Waals surface area contributed by atoms with Gasteiger partial charge in [0, 0.05) is 17.8 Å². The number of fused-ring (bicyclic) bond motifs is 1. The summed E-state index contributed by atoms with van der Waals surface area (Å²) in [6.45, 7) is 3.61. The van der Waals surface area contributed by atoms with Crippen molar-refractivity contribution in [3.8, 4) is 0 Å². The molecule has 2 aliphatic carbocycles. The van der Waals surface area contributed by atoms with Gasteiger partial charge >= 0.3 is 0 Å². The molecule has 4 unspecified atom stereocenters. The van der Waals surface area contributed by atoms with E-state index in [-0.39, 0.29) is 0 Å². The van der Waals surface area contributed by atoms with Crippen molar-refractivity contribution in [3.63, 3.8) is 0 Å². The summed E-state index contributed by atoms with van der Waals surface area (Å²) in [4.78, 5) is 4.78. The third kappa shape index (κ3) is 2.76. The molecule has 1 N–H and O–H groups in total. The van der Waals surface area contributed by atoms with Crippen molar-refractivity contribution in [1.29, 1.82) is 0 Å². The molecule has 0 aliphatic heterocycles. The summed E-state index contributed by atoms with van der Waals surface area (Å²) in [6, 6.07) is 4.41. The van der Waals surface area contributed by atoms with Crippen molar-refractivity contribution in [2.45, 2.75) is 51.4 Å². The van der Waals surface area contributed by atoms with E-state index < -0.39 is 0 Å². The Labute approximate surface area is 123 Å². The second kappa shape index (κ2) is 6.26. The van der Waals surface area contributed by atoms with E-state index in [4.69, 9.17) is 4.98 Å². The first kappa shape index (κ1) is 14.1. The van der Waals surface area contributed by atoms with E-state index in [9.17, 15) is 0 Å². The highest BCUT2D eigenvalue weighted by molar-refractivity contribution is 5.27. The highest BCUT2D eigenvalue weighted by Crippen LogP contribution is 2.46. The average molecular weight is 272 g/mol. The zero-order chi connectivity index (χ0) is 13.9. The Morgan fingerprint density at radius 3 is 3.05 bits per heavy atom. The van der Waals surface area contributed by atoms with Crippen molar-refractivity contribution >= 4 is 0 Å². The molecule has 1 aromatic heterocycles. The largest absolute Gasteiger partial charge is 0.319 e. The number of rotatable bonds is 3. The number of nitrogens with zero attached hydrogens (tertiary/aromatic N) is 1. The van der Waals surface area contributed by atoms with E-state index in [1.165, 1.54) is 56.3 Å². The van der Waals surface area contributed by atoms with E-state index in [1.807, 2.05) is 6.20 Å². The van der Waals surface area contributed by atoms with Crippen LogP contribution in [-0.4, -0.2) is 18.6 Å². The van der Waals surface area contributed by atoms with Gasteiger partial charge in [-0.05, 0) is 75.1 Å². The van der Waals surface area contributed by atoms with Gasteiger partial charge in [-0.2, -0.15) is 0 Å². The molecular weight excluding hydrogens is 244 g/mol. The second-order valence-electron chi connectivity index (χ2n) is 6.95. The summed E-state index contributed by atoms with van der Waals surface area (Å²) in [7, 11) is 2.10. The Bertz CT molecular complexity index is 443. The number of nitrogens with one attached hydrogen (secondary N) is 1. The average Bonchev–Trinajstić information content (AvgIpc) is 2.49. The van der Waals surface area contributed by atoms with Crippen LogP contribution in [0.25, 0.3) is 0 Å². The van der Waals surface area contributed by atoms with Crippen LogP contribution in [0, 0.1) is 17.8 Å². The molecular formula is C18H28N2. The van der Waals surface area contributed by atoms with Gasteiger partial charge in [-0.3, -0.25) is 4.98 Å². The van der Waals surface area contributed by atoms with E-state index in [1.54, 1.807) is 0 Å². The molecule has 20 heavy (non-hydrogen) atoms. The lowest BCUT2D eigenvalue weighted by atomic mass is 9.65. The Morgan fingerprint density at radius 2 is 2.20 bits per heavy atom. The van der Waals surface area contributed by atoms with Gasteiger partial charge in [0.05, 0.1) is 0 Å². The SMILES string of the molecule is CNCC1CCC(C)CC1C1CCCc2cccnc21. The Hall–Kier alpha value is -0.890. The molecule has 0 bridgehead atoms. The number of aryl methyl sites for hydroxylation is 1. The van der Waals surface area contributed by atoms with E-state index in [0.717, 1.165) is 17.8 Å². The van der Waals surface area contributed by atoms with Crippen molar-refractivity contribution < 1.29 is 0 Å². The molecule has 0 amide bonds. The normalized spacial score (nSPS) is 33.7. The number of aromatic nitrogens is 1. The maximum Gasteiger partial charge on any atom is 0.0469 e. The van der Waals surface area contributed by atoms with Gasteiger partial charge in [0.2, 0.25) is 0 Å². The third-order valence-corrected chi connectivity index (χ3v) is 5.53. The smallest absolute Gasteiger partial charge is 0.0469 e. The van der Waals surface area contributed by atoms with Crippen LogP contribution in [-0.2, 0) is 6.42 Å². The first-order valence-electron chi connectivity index (χ1n) is 8.38. The maximum absolute atomic E-state index is 4.78. The topological polar surface area (TPSA) is 24.9 Å². The molecule has 2 heteroatoms. The first-order chi connectivity index (χ1) is 9.79. The van der Waals surface area contributed by atoms with Gasteiger partial charge in [-0.25, -0.2) is 0 Å². The molecule has 0 spiro atoms. The van der Waals surface area contributed by atoms with Gasteiger partial charge in [-0.15, -0.1) is 0 Å². The zero-order valence-electron chi connectivity index (χ0n) is 12.9. The molecule has 110 valence electrons. The third-order valence-electron chi connectivity index (χ3n) is 5.53. The molecule has 2 nitrogen and oxygen atoms in total. The lowest BCUT2D eigenvalue weighted by molar-refractivity contribution is 0.148. The minimum Gasteiger partial charge on any atom is -0.319 e. The lowest BCUT2D eigenvalue weighted by Crippen LogP contribution is -2.36. The lowest BCUT2D eigenvalue weighted by Gasteiger charge is -2.41. The van der Waals surface area contributed by atoms with Gasteiger partial charge in [0.1, 0.15) is 0 Å². The minimum atomic E-state index is 0.709. The molecule has 0 saturated heterocycles. The van der Waals surface area contributed by atoms with Crippen LogP contribution >= 0.6 is 0 Å². The molecule has 1 fully saturated rings. The van der Waals surface area contributed by atoms with Crippen molar-refractivity contribution in [3.05, 3.63) is 29.6 Å². The molecule has 1 heterocycles. The van der Waals surface area contributed by atoms with Crippen molar-refractivity contribution in [2.75, 3.05) is 13.6 Å². The molecule has 0 radical (unpaired) electrons. The van der Waals surface area contributed by atoms with E-state index in [0.29, 0.717) is 5.92 Å². The Morgan fingerprint density at radius 1 is 1.30 bits per heavy atom. The van der Waals surface area contributed by atoms with Crippen LogP contribution in [0.3, 0.4) is 0 Å². The van der Waals surface area contributed by atoms with Gasteiger partial charge < -0.3 is 5.32 Å². The van der Waals surface area contributed by atoms with E-state index in [2.05, 4.69) is 31.4 Å². The first-order valence-corrected chi connectivity index (χ1v) is 8.38. The molecule has 3 rings (SSSR count). The number of pyridine rings is 1. The summed E-state index contributed by atoms with van der Waals surface area (Å²) in [5.74, 6) is 3.28. The summed E-state index contributed by atoms with van der Waals surface area (Å²) < 4.78 is 0. The fourth-order valence-corrected chi connectivity index (χ4v) is 4.56. The zero-order valence-corrected chi connectivity index (χ0v) is 12.9. The van der Waals surface area contributed by atoms with Crippen LogP contribution in [0.4, 0.5) is 0 Å². The quantitative estimate of drug-likeness (QED) is 0.906. The van der Waals surface area contributed by atoms with Gasteiger partial charge in [-0.1, -0.05) is 19.4 Å². The predicted octanol–water partition coefficient (Wildman–Crippen LogP) is 3.77. The highest BCUT2D eigenvalue weighted by Gasteiger charge is 2.37. The van der Waals surface area contributed by atoms with Crippen LogP contribution in [0.15, 0.2) is 18.3 Å². The molecule has 4 atom stereocenters. The van der Waals surface area contributed by atoms with Crippen LogP contribution < -0.4 is 5.32 Å². The van der Waals surface area contributed by atoms with Crippen molar-refractivity contribution in [2.24, 2.45) is 17.8 Å². The molecule has 1 aromatic rings. The Balaban J connectivity index is 1.86. The van der Waals surface area contributed by atoms with Gasteiger partial charge in [0.15, 0.2) is 0 Å². The number of hydrogen-bond acceptors (Lipinski definition) is 2. The predicted molar refractivity (Wildman–Crippen MR) is 83.8 cm³/mol. The number of hydrogen-bond donors (Lipinski definition) is 1.